The Morgan fingerprint density at radius 3 is 2.29 bits per heavy atom. The van der Waals surface area contributed by atoms with Crippen LogP contribution in [-0.2, 0) is 19.9 Å². The van der Waals surface area contributed by atoms with Crippen molar-refractivity contribution in [1.29, 1.82) is 0 Å². The van der Waals surface area contributed by atoms with Crippen molar-refractivity contribution in [2.45, 2.75) is 25.2 Å². The molecule has 92 valence electrons. The summed E-state index contributed by atoms with van der Waals surface area (Å²) in [6, 6.07) is 7.02. The first kappa shape index (κ1) is 12.5. The highest BCUT2D eigenvalue weighted by molar-refractivity contribution is 9.10. The molecule has 0 saturated carbocycles. The molecule has 1 heterocycles. The van der Waals surface area contributed by atoms with Gasteiger partial charge in [0.05, 0.1) is 6.61 Å². The summed E-state index contributed by atoms with van der Waals surface area (Å²) in [6.07, 6.45) is 0. The highest BCUT2D eigenvalue weighted by atomic mass is 79.9. The van der Waals surface area contributed by atoms with Gasteiger partial charge in [0.15, 0.2) is 0 Å². The molecule has 1 N–H and O–H groups in total. The summed E-state index contributed by atoms with van der Waals surface area (Å²) in [5.41, 5.74) is -0.830. The standard InChI is InChI=1S/C12H13BrO4/c1-11(2)16-10(15)12(7-14,17-11)8-3-5-9(13)6-4-8/h3-6,14H,7H2,1-2H3/t12-/m0/s1. The first-order valence-corrected chi connectivity index (χ1v) is 5.99. The van der Waals surface area contributed by atoms with E-state index in [1.54, 1.807) is 38.1 Å². The lowest BCUT2D eigenvalue weighted by atomic mass is 9.95. The number of hydrogen-bond donors (Lipinski definition) is 1. The first-order valence-electron chi connectivity index (χ1n) is 5.20. The van der Waals surface area contributed by atoms with E-state index < -0.39 is 24.0 Å². The Morgan fingerprint density at radius 2 is 1.88 bits per heavy atom. The number of benzene rings is 1. The number of esters is 1. The van der Waals surface area contributed by atoms with Crippen molar-refractivity contribution in [2.75, 3.05) is 6.61 Å². The molecular formula is C12H13BrO4. The number of aliphatic hydroxyl groups excluding tert-OH is 1. The molecule has 0 aromatic heterocycles. The summed E-state index contributed by atoms with van der Waals surface area (Å²) in [7, 11) is 0. The highest BCUT2D eigenvalue weighted by Crippen LogP contribution is 2.39. The van der Waals surface area contributed by atoms with Crippen LogP contribution < -0.4 is 0 Å². The van der Waals surface area contributed by atoms with Gasteiger partial charge in [-0.1, -0.05) is 28.1 Å². The zero-order valence-electron chi connectivity index (χ0n) is 9.57. The van der Waals surface area contributed by atoms with Crippen molar-refractivity contribution in [1.82, 2.24) is 0 Å². The van der Waals surface area contributed by atoms with Gasteiger partial charge in [0.25, 0.3) is 0 Å². The van der Waals surface area contributed by atoms with E-state index in [1.165, 1.54) is 0 Å². The van der Waals surface area contributed by atoms with Crippen molar-refractivity contribution >= 4 is 21.9 Å². The van der Waals surface area contributed by atoms with Gasteiger partial charge in [0, 0.05) is 18.3 Å². The molecule has 0 radical (unpaired) electrons. The van der Waals surface area contributed by atoms with Gasteiger partial charge in [-0.2, -0.15) is 0 Å². The van der Waals surface area contributed by atoms with Gasteiger partial charge in [-0.3, -0.25) is 0 Å². The molecule has 2 rings (SSSR count). The van der Waals surface area contributed by atoms with Crippen molar-refractivity contribution in [3.05, 3.63) is 34.3 Å². The number of cyclic esters (lactones) is 1. The third kappa shape index (κ3) is 2.10. The number of carbonyl (C=O) groups excluding carboxylic acids is 1. The average molecular weight is 301 g/mol. The Morgan fingerprint density at radius 1 is 1.29 bits per heavy atom. The topological polar surface area (TPSA) is 55.8 Å². The fourth-order valence-corrected chi connectivity index (χ4v) is 2.14. The molecule has 0 spiro atoms. The van der Waals surface area contributed by atoms with Crippen molar-refractivity contribution < 1.29 is 19.4 Å². The van der Waals surface area contributed by atoms with Crippen LogP contribution in [0.4, 0.5) is 0 Å². The van der Waals surface area contributed by atoms with E-state index in [1.807, 2.05) is 0 Å². The smallest absolute Gasteiger partial charge is 0.348 e. The van der Waals surface area contributed by atoms with E-state index in [2.05, 4.69) is 15.9 Å². The number of hydrogen-bond acceptors (Lipinski definition) is 4. The Labute approximate surface area is 108 Å². The molecule has 1 saturated heterocycles. The van der Waals surface area contributed by atoms with Gasteiger partial charge in [-0.15, -0.1) is 0 Å². The summed E-state index contributed by atoms with van der Waals surface area (Å²) < 4.78 is 11.6. The zero-order valence-corrected chi connectivity index (χ0v) is 11.2. The maximum atomic E-state index is 11.9. The molecule has 17 heavy (non-hydrogen) atoms. The van der Waals surface area contributed by atoms with Gasteiger partial charge in [-0.05, 0) is 17.7 Å². The van der Waals surface area contributed by atoms with E-state index in [-0.39, 0.29) is 0 Å². The van der Waals surface area contributed by atoms with Gasteiger partial charge in [0.1, 0.15) is 0 Å². The zero-order chi connectivity index (χ0) is 12.7. The maximum Gasteiger partial charge on any atom is 0.348 e. The van der Waals surface area contributed by atoms with E-state index in [9.17, 15) is 9.90 Å². The number of ether oxygens (including phenoxy) is 2. The summed E-state index contributed by atoms with van der Waals surface area (Å²) in [5, 5.41) is 9.50. The third-order valence-electron chi connectivity index (χ3n) is 2.62. The predicted molar refractivity (Wildman–Crippen MR) is 64.2 cm³/mol. The molecule has 1 fully saturated rings. The Balaban J connectivity index is 2.45. The normalized spacial score (nSPS) is 26.9. The van der Waals surface area contributed by atoms with E-state index in [4.69, 9.17) is 9.47 Å². The summed E-state index contributed by atoms with van der Waals surface area (Å²) in [4.78, 5) is 11.9. The van der Waals surface area contributed by atoms with Crippen LogP contribution >= 0.6 is 15.9 Å². The Bertz CT molecular complexity index is 440. The molecule has 0 aliphatic carbocycles. The monoisotopic (exact) mass is 300 g/mol. The number of halogens is 1. The minimum atomic E-state index is -1.41. The number of rotatable bonds is 2. The minimum absolute atomic E-state index is 0.448. The quantitative estimate of drug-likeness (QED) is 0.848. The second kappa shape index (κ2) is 4.08. The molecule has 1 aliphatic rings. The fraction of sp³-hybridized carbons (Fsp3) is 0.417. The lowest BCUT2D eigenvalue weighted by Crippen LogP contribution is -2.38. The number of aliphatic hydroxyl groups is 1. The molecule has 1 aromatic rings. The van der Waals surface area contributed by atoms with Crippen LogP contribution in [0.5, 0.6) is 0 Å². The molecule has 0 bridgehead atoms. The SMILES string of the molecule is CC1(C)OC(=O)[C@](CO)(c2ccc(Br)cc2)O1. The molecule has 0 unspecified atom stereocenters. The average Bonchev–Trinajstić information content (AvgIpc) is 2.50. The van der Waals surface area contributed by atoms with Gasteiger partial charge in [0.2, 0.25) is 11.4 Å². The molecule has 5 heteroatoms. The Kier molecular flexibility index (Phi) is 3.01. The summed E-state index contributed by atoms with van der Waals surface area (Å²) in [6.45, 7) is 2.83. The van der Waals surface area contributed by atoms with Crippen LogP contribution in [0.15, 0.2) is 28.7 Å². The molecule has 1 atom stereocenters. The molecule has 0 amide bonds. The van der Waals surface area contributed by atoms with Crippen LogP contribution in [-0.4, -0.2) is 23.5 Å². The van der Waals surface area contributed by atoms with Gasteiger partial charge >= 0.3 is 5.97 Å². The summed E-state index contributed by atoms with van der Waals surface area (Å²) >= 11 is 3.31. The van der Waals surface area contributed by atoms with E-state index >= 15 is 0 Å². The van der Waals surface area contributed by atoms with Crippen molar-refractivity contribution in [3.63, 3.8) is 0 Å². The molecule has 1 aromatic carbocycles. The largest absolute Gasteiger partial charge is 0.431 e. The van der Waals surface area contributed by atoms with Crippen LogP contribution in [0.25, 0.3) is 0 Å². The Hall–Kier alpha value is -0.910. The van der Waals surface area contributed by atoms with Crippen molar-refractivity contribution in [2.24, 2.45) is 0 Å². The molecule has 1 aliphatic heterocycles. The maximum absolute atomic E-state index is 11.9. The van der Waals surface area contributed by atoms with Crippen LogP contribution in [0.2, 0.25) is 0 Å². The fourth-order valence-electron chi connectivity index (χ4n) is 1.87. The highest BCUT2D eigenvalue weighted by Gasteiger charge is 2.55. The second-order valence-electron chi connectivity index (χ2n) is 4.38. The van der Waals surface area contributed by atoms with Gasteiger partial charge < -0.3 is 14.6 Å². The van der Waals surface area contributed by atoms with Crippen LogP contribution in [0.1, 0.15) is 19.4 Å². The van der Waals surface area contributed by atoms with Crippen LogP contribution in [0.3, 0.4) is 0 Å². The summed E-state index contributed by atoms with van der Waals surface area (Å²) in [5.74, 6) is -1.58. The van der Waals surface area contributed by atoms with E-state index in [0.717, 1.165) is 4.47 Å². The first-order chi connectivity index (χ1) is 7.89. The van der Waals surface area contributed by atoms with Crippen molar-refractivity contribution in [3.8, 4) is 0 Å². The third-order valence-corrected chi connectivity index (χ3v) is 3.15. The molecule has 4 nitrogen and oxygen atoms in total. The lowest BCUT2D eigenvalue weighted by molar-refractivity contribution is -0.173. The predicted octanol–water partition coefficient (Wildman–Crippen LogP) is 1.95. The molecular weight excluding hydrogens is 288 g/mol. The minimum Gasteiger partial charge on any atom is -0.431 e. The van der Waals surface area contributed by atoms with E-state index in [0.29, 0.717) is 5.56 Å². The number of carbonyl (C=O) groups is 1. The second-order valence-corrected chi connectivity index (χ2v) is 5.30. The lowest BCUT2D eigenvalue weighted by Gasteiger charge is -2.24. The van der Waals surface area contributed by atoms with Gasteiger partial charge in [-0.25, -0.2) is 4.79 Å². The van der Waals surface area contributed by atoms with Crippen LogP contribution in [0, 0.1) is 0 Å².